The second-order valence-electron chi connectivity index (χ2n) is 8.49. The van der Waals surface area contributed by atoms with Gasteiger partial charge in [-0.3, -0.25) is 9.59 Å². The highest BCUT2D eigenvalue weighted by atomic mass is 16.5. The Labute approximate surface area is 171 Å². The topological polar surface area (TPSA) is 68.5 Å². The molecule has 0 saturated heterocycles. The minimum Gasteiger partial charge on any atom is -0.486 e. The van der Waals surface area contributed by atoms with Crippen LogP contribution in [0.25, 0.3) is 11.0 Å². The molecule has 1 N–H and O–H groups in total. The maximum Gasteiger partial charge on any atom is 0.287 e. The van der Waals surface area contributed by atoms with E-state index < -0.39 is 5.60 Å². The predicted molar refractivity (Wildman–Crippen MR) is 113 cm³/mol. The largest absolute Gasteiger partial charge is 0.486 e. The van der Waals surface area contributed by atoms with E-state index in [0.29, 0.717) is 40.8 Å². The lowest BCUT2D eigenvalue weighted by molar-refractivity contribution is 0.0503. The van der Waals surface area contributed by atoms with Crippen LogP contribution in [-0.4, -0.2) is 23.8 Å². The fraction of sp³-hybridized carbons (Fsp3) is 0.500. The first-order valence-corrected chi connectivity index (χ1v) is 10.7. The zero-order chi connectivity index (χ0) is 20.6. The van der Waals surface area contributed by atoms with Crippen LogP contribution in [0.3, 0.4) is 0 Å². The van der Waals surface area contributed by atoms with Crippen LogP contribution in [-0.2, 0) is 0 Å². The van der Waals surface area contributed by atoms with Gasteiger partial charge in [0, 0.05) is 17.5 Å². The molecule has 0 fully saturated rings. The summed E-state index contributed by atoms with van der Waals surface area (Å²) in [5, 5.41) is 3.67. The van der Waals surface area contributed by atoms with Crippen molar-refractivity contribution in [2.75, 3.05) is 6.54 Å². The maximum atomic E-state index is 12.9. The zero-order valence-corrected chi connectivity index (χ0v) is 17.5. The standard InChI is InChI=1S/C24H29NO4/c1-4-24(3)14-17(26)21-19(29-24)11-10-18-20(21)15(2)22(28-18)23(27)25-13-12-16-8-6-5-7-9-16/h8,10-11H,4-7,9,12-14H2,1-3H3,(H,25,27)/t24-/m1/s1. The van der Waals surface area contributed by atoms with Crippen molar-refractivity contribution in [3.05, 3.63) is 40.7 Å². The van der Waals surface area contributed by atoms with E-state index >= 15 is 0 Å². The highest BCUT2D eigenvalue weighted by Crippen LogP contribution is 2.41. The van der Waals surface area contributed by atoms with E-state index in [2.05, 4.69) is 11.4 Å². The molecule has 1 amide bonds. The lowest BCUT2D eigenvalue weighted by atomic mass is 9.87. The van der Waals surface area contributed by atoms with Gasteiger partial charge in [-0.25, -0.2) is 0 Å². The number of aryl methyl sites for hydroxylation is 1. The van der Waals surface area contributed by atoms with Crippen molar-refractivity contribution in [2.24, 2.45) is 0 Å². The normalized spacial score (nSPS) is 21.5. The summed E-state index contributed by atoms with van der Waals surface area (Å²) in [4.78, 5) is 25.7. The Kier molecular flexibility index (Phi) is 5.24. The minimum absolute atomic E-state index is 0.0429. The van der Waals surface area contributed by atoms with Crippen LogP contribution < -0.4 is 10.1 Å². The molecule has 154 valence electrons. The van der Waals surface area contributed by atoms with Crippen LogP contribution in [0.15, 0.2) is 28.2 Å². The van der Waals surface area contributed by atoms with Gasteiger partial charge >= 0.3 is 0 Å². The smallest absolute Gasteiger partial charge is 0.287 e. The number of allylic oxidation sites excluding steroid dienone is 1. The molecule has 29 heavy (non-hydrogen) atoms. The van der Waals surface area contributed by atoms with Gasteiger partial charge < -0.3 is 14.5 Å². The summed E-state index contributed by atoms with van der Waals surface area (Å²) in [6.07, 6.45) is 9.03. The summed E-state index contributed by atoms with van der Waals surface area (Å²) in [6.45, 7) is 6.41. The van der Waals surface area contributed by atoms with Gasteiger partial charge in [0.05, 0.1) is 12.0 Å². The van der Waals surface area contributed by atoms with Gasteiger partial charge in [-0.1, -0.05) is 18.6 Å². The van der Waals surface area contributed by atoms with Gasteiger partial charge in [0.2, 0.25) is 0 Å². The maximum absolute atomic E-state index is 12.9. The molecule has 0 saturated carbocycles. The molecular formula is C24H29NO4. The molecule has 4 rings (SSSR count). The molecule has 1 aromatic heterocycles. The fourth-order valence-corrected chi connectivity index (χ4v) is 4.38. The van der Waals surface area contributed by atoms with Gasteiger partial charge in [0.15, 0.2) is 11.5 Å². The zero-order valence-electron chi connectivity index (χ0n) is 17.5. The van der Waals surface area contributed by atoms with E-state index in [1.54, 1.807) is 12.1 Å². The van der Waals surface area contributed by atoms with E-state index in [1.165, 1.54) is 18.4 Å². The van der Waals surface area contributed by atoms with Crippen LogP contribution in [0, 0.1) is 6.92 Å². The lowest BCUT2D eigenvalue weighted by Crippen LogP contribution is -2.38. The van der Waals surface area contributed by atoms with Crippen LogP contribution in [0.2, 0.25) is 0 Å². The SMILES string of the molecule is CC[C@]1(C)CC(=O)c2c(ccc3oc(C(=O)NCCC4=CCCCC4)c(C)c23)O1. The Morgan fingerprint density at radius 2 is 2.10 bits per heavy atom. The number of hydrogen-bond donors (Lipinski definition) is 1. The van der Waals surface area contributed by atoms with Crippen molar-refractivity contribution in [1.82, 2.24) is 5.32 Å². The minimum atomic E-state index is -0.483. The summed E-state index contributed by atoms with van der Waals surface area (Å²) >= 11 is 0. The average Bonchev–Trinajstić information content (AvgIpc) is 3.05. The Morgan fingerprint density at radius 1 is 1.28 bits per heavy atom. The molecule has 0 radical (unpaired) electrons. The second kappa shape index (κ2) is 7.69. The average molecular weight is 395 g/mol. The summed E-state index contributed by atoms with van der Waals surface area (Å²) < 4.78 is 12.0. The molecule has 1 aliphatic heterocycles. The molecular weight excluding hydrogens is 366 g/mol. The first-order valence-electron chi connectivity index (χ1n) is 10.7. The summed E-state index contributed by atoms with van der Waals surface area (Å²) in [7, 11) is 0. The number of carbonyl (C=O) groups is 2. The van der Waals surface area contributed by atoms with E-state index in [4.69, 9.17) is 9.15 Å². The number of benzene rings is 1. The third kappa shape index (κ3) is 3.70. The molecule has 1 aromatic carbocycles. The van der Waals surface area contributed by atoms with Crippen molar-refractivity contribution < 1.29 is 18.7 Å². The number of fused-ring (bicyclic) bond motifs is 3. The van der Waals surface area contributed by atoms with E-state index in [1.807, 2.05) is 20.8 Å². The summed E-state index contributed by atoms with van der Waals surface area (Å²) in [5.41, 5.74) is 2.74. The molecule has 2 aromatic rings. The second-order valence-corrected chi connectivity index (χ2v) is 8.49. The van der Waals surface area contributed by atoms with Gasteiger partial charge in [0.1, 0.15) is 16.9 Å². The van der Waals surface area contributed by atoms with Crippen LogP contribution in [0.1, 0.15) is 85.3 Å². The first kappa shape index (κ1) is 19.7. The van der Waals surface area contributed by atoms with Gasteiger partial charge in [0.25, 0.3) is 5.91 Å². The molecule has 2 aliphatic rings. The number of furan rings is 1. The number of hydrogen-bond acceptors (Lipinski definition) is 4. The third-order valence-corrected chi connectivity index (χ3v) is 6.30. The molecule has 5 heteroatoms. The van der Waals surface area contributed by atoms with E-state index in [-0.39, 0.29) is 17.5 Å². The van der Waals surface area contributed by atoms with Gasteiger partial charge in [-0.15, -0.1) is 0 Å². The van der Waals surface area contributed by atoms with Crippen molar-refractivity contribution in [3.63, 3.8) is 0 Å². The molecule has 5 nitrogen and oxygen atoms in total. The van der Waals surface area contributed by atoms with Crippen LogP contribution in [0.4, 0.5) is 0 Å². The quantitative estimate of drug-likeness (QED) is 0.679. The molecule has 2 heterocycles. The summed E-state index contributed by atoms with van der Waals surface area (Å²) in [5.74, 6) is 0.675. The van der Waals surface area contributed by atoms with Crippen molar-refractivity contribution >= 4 is 22.7 Å². The fourth-order valence-electron chi connectivity index (χ4n) is 4.38. The Hall–Kier alpha value is -2.56. The molecule has 1 aliphatic carbocycles. The molecule has 0 spiro atoms. The lowest BCUT2D eigenvalue weighted by Gasteiger charge is -2.34. The van der Waals surface area contributed by atoms with E-state index in [9.17, 15) is 9.59 Å². The third-order valence-electron chi connectivity index (χ3n) is 6.30. The Bertz CT molecular complexity index is 1000. The monoisotopic (exact) mass is 395 g/mol. The van der Waals surface area contributed by atoms with Crippen molar-refractivity contribution in [3.8, 4) is 5.75 Å². The number of ketones is 1. The number of ether oxygens (including phenoxy) is 1. The predicted octanol–water partition coefficient (Wildman–Crippen LogP) is 5.50. The van der Waals surface area contributed by atoms with Crippen molar-refractivity contribution in [1.29, 1.82) is 0 Å². The Morgan fingerprint density at radius 3 is 2.83 bits per heavy atom. The highest BCUT2D eigenvalue weighted by molar-refractivity contribution is 6.13. The highest BCUT2D eigenvalue weighted by Gasteiger charge is 2.37. The molecule has 0 bridgehead atoms. The Balaban J connectivity index is 1.58. The number of Topliss-reactive ketones (excluding diaryl/α,β-unsaturated/α-hetero) is 1. The van der Waals surface area contributed by atoms with Gasteiger partial charge in [-0.05, 0) is 64.5 Å². The number of nitrogens with one attached hydrogen (secondary N) is 1. The van der Waals surface area contributed by atoms with Crippen LogP contribution >= 0.6 is 0 Å². The number of carbonyl (C=O) groups excluding carboxylic acids is 2. The number of rotatable bonds is 5. The number of amides is 1. The van der Waals surface area contributed by atoms with Crippen LogP contribution in [0.5, 0.6) is 5.75 Å². The molecule has 1 atom stereocenters. The first-order chi connectivity index (χ1) is 13.9. The van der Waals surface area contributed by atoms with Gasteiger partial charge in [-0.2, -0.15) is 0 Å². The van der Waals surface area contributed by atoms with E-state index in [0.717, 1.165) is 25.7 Å². The molecule has 0 unspecified atom stereocenters. The summed E-state index contributed by atoms with van der Waals surface area (Å²) in [6, 6.07) is 3.57. The van der Waals surface area contributed by atoms with Crippen molar-refractivity contribution in [2.45, 2.75) is 71.3 Å².